The van der Waals surface area contributed by atoms with Crippen LogP contribution in [0.25, 0.3) is 0 Å². The van der Waals surface area contributed by atoms with Gasteiger partial charge in [0.2, 0.25) is 5.91 Å². The van der Waals surface area contributed by atoms with Gasteiger partial charge in [-0.05, 0) is 61.7 Å². The van der Waals surface area contributed by atoms with Crippen LogP contribution in [-0.4, -0.2) is 24.4 Å². The first kappa shape index (κ1) is 13.9. The minimum absolute atomic E-state index is 0.00185. The number of nitrogens with one attached hydrogen (secondary N) is 1. The first-order chi connectivity index (χ1) is 10.2. The molecule has 21 heavy (non-hydrogen) atoms. The lowest BCUT2D eigenvalue weighted by atomic mass is 10.1. The van der Waals surface area contributed by atoms with Crippen LogP contribution in [0.1, 0.15) is 23.3 Å². The maximum Gasteiger partial charge on any atom is 0.238 e. The number of aryl methyl sites for hydroxylation is 2. The number of rotatable bonds is 5. The predicted molar refractivity (Wildman–Crippen MR) is 82.1 cm³/mol. The number of anilines is 1. The third-order valence-electron chi connectivity index (χ3n) is 3.80. The molecule has 110 valence electrons. The van der Waals surface area contributed by atoms with Crippen LogP contribution in [0.5, 0.6) is 0 Å². The van der Waals surface area contributed by atoms with Crippen molar-refractivity contribution in [2.45, 2.75) is 25.8 Å². The van der Waals surface area contributed by atoms with E-state index in [0.717, 1.165) is 24.3 Å². The molecule has 1 aromatic heterocycles. The van der Waals surface area contributed by atoms with Crippen LogP contribution in [0.3, 0.4) is 0 Å². The molecule has 1 aliphatic carbocycles. The van der Waals surface area contributed by atoms with Gasteiger partial charge in [0.05, 0.1) is 19.4 Å². The monoisotopic (exact) mass is 284 g/mol. The molecule has 1 amide bonds. The molecule has 0 radical (unpaired) electrons. The lowest BCUT2D eigenvalue weighted by molar-refractivity contribution is -0.117. The van der Waals surface area contributed by atoms with E-state index in [1.54, 1.807) is 6.26 Å². The number of amides is 1. The Hall–Kier alpha value is -2.07. The molecule has 0 unspecified atom stereocenters. The number of furan rings is 1. The summed E-state index contributed by atoms with van der Waals surface area (Å²) in [7, 11) is 1.91. The minimum atomic E-state index is 0.00185. The van der Waals surface area contributed by atoms with E-state index in [9.17, 15) is 4.79 Å². The van der Waals surface area contributed by atoms with Gasteiger partial charge in [0.25, 0.3) is 0 Å². The van der Waals surface area contributed by atoms with Gasteiger partial charge in [0.15, 0.2) is 0 Å². The van der Waals surface area contributed by atoms with Gasteiger partial charge in [-0.2, -0.15) is 0 Å². The van der Waals surface area contributed by atoms with E-state index in [1.807, 2.05) is 30.1 Å². The smallest absolute Gasteiger partial charge is 0.238 e. The summed E-state index contributed by atoms with van der Waals surface area (Å²) in [6.45, 7) is 0.975. The van der Waals surface area contributed by atoms with Gasteiger partial charge in [-0.25, -0.2) is 0 Å². The fraction of sp³-hybridized carbons (Fsp3) is 0.353. The molecular weight excluding hydrogens is 264 g/mol. The summed E-state index contributed by atoms with van der Waals surface area (Å²) in [4.78, 5) is 14.0. The van der Waals surface area contributed by atoms with E-state index >= 15 is 0 Å². The zero-order valence-electron chi connectivity index (χ0n) is 12.3. The van der Waals surface area contributed by atoms with Crippen molar-refractivity contribution in [2.24, 2.45) is 0 Å². The average Bonchev–Trinajstić information content (AvgIpc) is 3.08. The molecule has 0 fully saturated rings. The summed E-state index contributed by atoms with van der Waals surface area (Å²) in [5.41, 5.74) is 3.69. The van der Waals surface area contributed by atoms with E-state index < -0.39 is 0 Å². The Labute approximate surface area is 124 Å². The highest BCUT2D eigenvalue weighted by Crippen LogP contribution is 2.24. The van der Waals surface area contributed by atoms with E-state index in [4.69, 9.17) is 4.42 Å². The third kappa shape index (κ3) is 3.52. The first-order valence-electron chi connectivity index (χ1n) is 7.33. The second-order valence-electron chi connectivity index (χ2n) is 5.64. The van der Waals surface area contributed by atoms with Crippen LogP contribution >= 0.6 is 0 Å². The predicted octanol–water partition coefficient (Wildman–Crippen LogP) is 2.84. The molecule has 0 atom stereocenters. The number of benzene rings is 1. The summed E-state index contributed by atoms with van der Waals surface area (Å²) in [5, 5.41) is 2.97. The summed E-state index contributed by atoms with van der Waals surface area (Å²) in [5.74, 6) is 0.866. The van der Waals surface area contributed by atoms with Crippen molar-refractivity contribution < 1.29 is 9.21 Å². The Bertz CT molecular complexity index is 620. The zero-order chi connectivity index (χ0) is 14.7. The van der Waals surface area contributed by atoms with Crippen molar-refractivity contribution >= 4 is 11.6 Å². The van der Waals surface area contributed by atoms with E-state index in [0.29, 0.717) is 13.1 Å². The summed E-state index contributed by atoms with van der Waals surface area (Å²) >= 11 is 0. The summed E-state index contributed by atoms with van der Waals surface area (Å²) in [6.07, 6.45) is 5.15. The average molecular weight is 284 g/mol. The molecule has 1 heterocycles. The van der Waals surface area contributed by atoms with E-state index in [-0.39, 0.29) is 5.91 Å². The van der Waals surface area contributed by atoms with Crippen molar-refractivity contribution in [3.05, 3.63) is 53.5 Å². The maximum atomic E-state index is 12.1. The van der Waals surface area contributed by atoms with Crippen molar-refractivity contribution in [2.75, 3.05) is 18.9 Å². The largest absolute Gasteiger partial charge is 0.468 e. The Morgan fingerprint density at radius 3 is 2.95 bits per heavy atom. The van der Waals surface area contributed by atoms with Crippen molar-refractivity contribution in [3.63, 3.8) is 0 Å². The summed E-state index contributed by atoms with van der Waals surface area (Å²) in [6, 6.07) is 9.99. The number of likely N-dealkylation sites (N-methyl/N-ethyl adjacent to an activating group) is 1. The van der Waals surface area contributed by atoms with Gasteiger partial charge in [-0.3, -0.25) is 9.69 Å². The first-order valence-corrected chi connectivity index (χ1v) is 7.33. The third-order valence-corrected chi connectivity index (χ3v) is 3.80. The highest BCUT2D eigenvalue weighted by atomic mass is 16.3. The van der Waals surface area contributed by atoms with Crippen molar-refractivity contribution in [1.29, 1.82) is 0 Å². The van der Waals surface area contributed by atoms with E-state index in [1.165, 1.54) is 17.5 Å². The molecule has 4 heteroatoms. The topological polar surface area (TPSA) is 45.5 Å². The second-order valence-corrected chi connectivity index (χ2v) is 5.64. The van der Waals surface area contributed by atoms with Crippen molar-refractivity contribution in [3.8, 4) is 0 Å². The molecule has 2 aromatic rings. The van der Waals surface area contributed by atoms with Crippen LogP contribution < -0.4 is 5.32 Å². The zero-order valence-corrected chi connectivity index (χ0v) is 12.3. The molecule has 0 saturated heterocycles. The Balaban J connectivity index is 1.54. The van der Waals surface area contributed by atoms with Gasteiger partial charge in [0, 0.05) is 5.69 Å². The minimum Gasteiger partial charge on any atom is -0.468 e. The molecule has 1 N–H and O–H groups in total. The van der Waals surface area contributed by atoms with Gasteiger partial charge in [-0.1, -0.05) is 6.07 Å². The summed E-state index contributed by atoms with van der Waals surface area (Å²) < 4.78 is 5.28. The Kier molecular flexibility index (Phi) is 4.06. The number of nitrogens with zero attached hydrogens (tertiary/aromatic N) is 1. The Morgan fingerprint density at radius 2 is 2.14 bits per heavy atom. The van der Waals surface area contributed by atoms with Gasteiger partial charge in [-0.15, -0.1) is 0 Å². The molecule has 1 aliphatic rings. The lowest BCUT2D eigenvalue weighted by Crippen LogP contribution is -2.29. The highest BCUT2D eigenvalue weighted by molar-refractivity contribution is 5.92. The van der Waals surface area contributed by atoms with Crippen LogP contribution in [0.15, 0.2) is 41.0 Å². The van der Waals surface area contributed by atoms with Gasteiger partial charge < -0.3 is 9.73 Å². The highest BCUT2D eigenvalue weighted by Gasteiger charge is 2.13. The number of fused-ring (bicyclic) bond motifs is 1. The quantitative estimate of drug-likeness (QED) is 0.918. The van der Waals surface area contributed by atoms with Crippen LogP contribution in [0.2, 0.25) is 0 Å². The molecule has 0 bridgehead atoms. The number of hydrogen-bond donors (Lipinski definition) is 1. The number of hydrogen-bond acceptors (Lipinski definition) is 3. The molecule has 3 rings (SSSR count). The SMILES string of the molecule is CN(CC(=O)Nc1ccc2c(c1)CCC2)Cc1ccco1. The molecule has 0 saturated carbocycles. The fourth-order valence-corrected chi connectivity index (χ4v) is 2.82. The lowest BCUT2D eigenvalue weighted by Gasteiger charge is -2.15. The van der Waals surface area contributed by atoms with Crippen molar-refractivity contribution in [1.82, 2.24) is 4.90 Å². The standard InChI is InChI=1S/C17H20N2O2/c1-19(11-16-6-3-9-21-16)12-17(20)18-15-8-7-13-4-2-5-14(13)10-15/h3,6-10H,2,4-5,11-12H2,1H3,(H,18,20). The normalized spacial score (nSPS) is 13.4. The Morgan fingerprint density at radius 1 is 1.29 bits per heavy atom. The molecule has 1 aromatic carbocycles. The van der Waals surface area contributed by atoms with Gasteiger partial charge >= 0.3 is 0 Å². The van der Waals surface area contributed by atoms with Gasteiger partial charge in [0.1, 0.15) is 5.76 Å². The molecule has 0 aliphatic heterocycles. The second kappa shape index (κ2) is 6.14. The van der Waals surface area contributed by atoms with E-state index in [2.05, 4.69) is 17.4 Å². The molecule has 4 nitrogen and oxygen atoms in total. The maximum absolute atomic E-state index is 12.1. The van der Waals surface area contributed by atoms with Crippen LogP contribution in [0.4, 0.5) is 5.69 Å². The molecular formula is C17H20N2O2. The number of carbonyl (C=O) groups excluding carboxylic acids is 1. The molecule has 0 spiro atoms. The van der Waals surface area contributed by atoms with Crippen LogP contribution in [-0.2, 0) is 24.2 Å². The van der Waals surface area contributed by atoms with Crippen LogP contribution in [0, 0.1) is 0 Å². The number of carbonyl (C=O) groups is 1. The fourth-order valence-electron chi connectivity index (χ4n) is 2.82.